The topological polar surface area (TPSA) is 102 Å². The van der Waals surface area contributed by atoms with Crippen molar-refractivity contribution < 1.29 is 19.8 Å². The van der Waals surface area contributed by atoms with Crippen LogP contribution in [-0.4, -0.2) is 46.7 Å². The molecule has 6 nitrogen and oxygen atoms in total. The van der Waals surface area contributed by atoms with Crippen molar-refractivity contribution in [3.63, 3.8) is 0 Å². The molecule has 14 heavy (non-hydrogen) atoms. The van der Waals surface area contributed by atoms with Crippen LogP contribution in [0.2, 0.25) is 0 Å². The number of nitriles is 1. The first-order chi connectivity index (χ1) is 6.47. The Morgan fingerprint density at radius 2 is 2.07 bits per heavy atom. The van der Waals surface area contributed by atoms with Crippen LogP contribution in [0.3, 0.4) is 0 Å². The first-order valence-corrected chi connectivity index (χ1v) is 4.01. The van der Waals surface area contributed by atoms with Gasteiger partial charge in [0.25, 0.3) is 0 Å². The SMILES string of the molecule is CC(CN(CC#N)CC(=O)O)C(=O)O. The van der Waals surface area contributed by atoms with Crippen LogP contribution in [0.15, 0.2) is 0 Å². The van der Waals surface area contributed by atoms with Crippen molar-refractivity contribution in [1.82, 2.24) is 4.90 Å². The van der Waals surface area contributed by atoms with E-state index >= 15 is 0 Å². The largest absolute Gasteiger partial charge is 0.481 e. The summed E-state index contributed by atoms with van der Waals surface area (Å²) < 4.78 is 0. The Hall–Kier alpha value is -1.61. The number of carboxylic acid groups (broad SMARTS) is 2. The average Bonchev–Trinajstić information content (AvgIpc) is 2.02. The second-order valence-electron chi connectivity index (χ2n) is 2.96. The molecule has 0 heterocycles. The van der Waals surface area contributed by atoms with Crippen molar-refractivity contribution in [1.29, 1.82) is 5.26 Å². The third kappa shape index (κ3) is 5.11. The number of carboxylic acids is 2. The Morgan fingerprint density at radius 3 is 2.43 bits per heavy atom. The van der Waals surface area contributed by atoms with E-state index in [1.165, 1.54) is 11.8 Å². The standard InChI is InChI=1S/C8H12N2O4/c1-6(8(13)14)4-10(3-2-9)5-7(11)12/h6H,3-5H2,1H3,(H,11,12)(H,13,14). The first kappa shape index (κ1) is 12.4. The van der Waals surface area contributed by atoms with Gasteiger partial charge < -0.3 is 10.2 Å². The van der Waals surface area contributed by atoms with Crippen molar-refractivity contribution in [2.45, 2.75) is 6.92 Å². The average molecular weight is 200 g/mol. The molecule has 6 heteroatoms. The highest BCUT2D eigenvalue weighted by Crippen LogP contribution is 1.99. The van der Waals surface area contributed by atoms with E-state index in [0.717, 1.165) is 0 Å². The molecule has 0 amide bonds. The van der Waals surface area contributed by atoms with Crippen LogP contribution in [0, 0.1) is 17.2 Å². The molecule has 0 saturated heterocycles. The molecule has 0 aliphatic rings. The highest BCUT2D eigenvalue weighted by atomic mass is 16.4. The molecule has 2 N–H and O–H groups in total. The van der Waals surface area contributed by atoms with Gasteiger partial charge in [0.2, 0.25) is 0 Å². The summed E-state index contributed by atoms with van der Waals surface area (Å²) in [5.74, 6) is -2.75. The predicted octanol–water partition coefficient (Wildman–Crippen LogP) is -0.383. The van der Waals surface area contributed by atoms with Crippen LogP contribution in [0.25, 0.3) is 0 Å². The number of hydrogen-bond donors (Lipinski definition) is 2. The van der Waals surface area contributed by atoms with Gasteiger partial charge in [-0.15, -0.1) is 0 Å². The Labute approximate surface area is 81.4 Å². The number of rotatable bonds is 6. The maximum atomic E-state index is 10.5. The van der Waals surface area contributed by atoms with Crippen LogP contribution < -0.4 is 0 Å². The molecule has 1 atom stereocenters. The quantitative estimate of drug-likeness (QED) is 0.566. The van der Waals surface area contributed by atoms with Gasteiger partial charge in [-0.25, -0.2) is 0 Å². The molecule has 0 bridgehead atoms. The molecular formula is C8H12N2O4. The first-order valence-electron chi connectivity index (χ1n) is 4.01. The van der Waals surface area contributed by atoms with E-state index in [9.17, 15) is 9.59 Å². The van der Waals surface area contributed by atoms with E-state index in [1.807, 2.05) is 0 Å². The molecule has 0 saturated carbocycles. The van der Waals surface area contributed by atoms with Crippen LogP contribution in [0.4, 0.5) is 0 Å². The van der Waals surface area contributed by atoms with Crippen molar-refractivity contribution in [3.8, 4) is 6.07 Å². The highest BCUT2D eigenvalue weighted by molar-refractivity contribution is 5.71. The van der Waals surface area contributed by atoms with Gasteiger partial charge in [0, 0.05) is 6.54 Å². The summed E-state index contributed by atoms with van der Waals surface area (Å²) in [6.45, 7) is 1.14. The lowest BCUT2D eigenvalue weighted by molar-refractivity contribution is -0.144. The van der Waals surface area contributed by atoms with Gasteiger partial charge in [-0.1, -0.05) is 6.92 Å². The van der Waals surface area contributed by atoms with Gasteiger partial charge >= 0.3 is 11.9 Å². The van der Waals surface area contributed by atoms with Crippen LogP contribution >= 0.6 is 0 Å². The molecule has 0 aliphatic heterocycles. The maximum Gasteiger partial charge on any atom is 0.317 e. The molecule has 0 radical (unpaired) electrons. The lowest BCUT2D eigenvalue weighted by Crippen LogP contribution is -2.36. The van der Waals surface area contributed by atoms with E-state index < -0.39 is 17.9 Å². The fourth-order valence-electron chi connectivity index (χ4n) is 0.942. The van der Waals surface area contributed by atoms with Gasteiger partial charge in [-0.2, -0.15) is 5.26 Å². The molecule has 0 spiro atoms. The van der Waals surface area contributed by atoms with Crippen molar-refractivity contribution in [2.24, 2.45) is 5.92 Å². The van der Waals surface area contributed by atoms with Crippen molar-refractivity contribution >= 4 is 11.9 Å². The Balaban J connectivity index is 4.16. The number of aliphatic carboxylic acids is 2. The van der Waals surface area contributed by atoms with E-state index in [0.29, 0.717) is 0 Å². The molecule has 0 aromatic rings. The Kier molecular flexibility index (Phi) is 5.26. The summed E-state index contributed by atoms with van der Waals surface area (Å²) >= 11 is 0. The normalized spacial score (nSPS) is 12.1. The molecule has 0 aromatic heterocycles. The zero-order valence-electron chi connectivity index (χ0n) is 7.80. The van der Waals surface area contributed by atoms with E-state index in [1.54, 1.807) is 6.07 Å². The highest BCUT2D eigenvalue weighted by Gasteiger charge is 2.17. The molecular weight excluding hydrogens is 188 g/mol. The number of hydrogen-bond acceptors (Lipinski definition) is 4. The Morgan fingerprint density at radius 1 is 1.50 bits per heavy atom. The van der Waals surface area contributed by atoms with Crippen molar-refractivity contribution in [3.05, 3.63) is 0 Å². The second-order valence-corrected chi connectivity index (χ2v) is 2.96. The third-order valence-corrected chi connectivity index (χ3v) is 1.61. The minimum Gasteiger partial charge on any atom is -0.481 e. The minimum atomic E-state index is -1.07. The van der Waals surface area contributed by atoms with E-state index in [2.05, 4.69) is 0 Å². The summed E-state index contributed by atoms with van der Waals surface area (Å²) in [5, 5.41) is 25.4. The number of carbonyl (C=O) groups is 2. The molecule has 0 aromatic carbocycles. The van der Waals surface area contributed by atoms with Crippen LogP contribution in [-0.2, 0) is 9.59 Å². The Bertz CT molecular complexity index is 259. The predicted molar refractivity (Wildman–Crippen MR) is 46.5 cm³/mol. The monoisotopic (exact) mass is 200 g/mol. The van der Waals surface area contributed by atoms with Crippen molar-refractivity contribution in [2.75, 3.05) is 19.6 Å². The van der Waals surface area contributed by atoms with Crippen LogP contribution in [0.5, 0.6) is 0 Å². The molecule has 1 unspecified atom stereocenters. The minimum absolute atomic E-state index is 0.0647. The lowest BCUT2D eigenvalue weighted by atomic mass is 10.2. The smallest absolute Gasteiger partial charge is 0.317 e. The summed E-state index contributed by atoms with van der Waals surface area (Å²) in [4.78, 5) is 22.1. The van der Waals surface area contributed by atoms with E-state index in [4.69, 9.17) is 15.5 Å². The fraction of sp³-hybridized carbons (Fsp3) is 0.625. The van der Waals surface area contributed by atoms with Gasteiger partial charge in [-0.05, 0) is 0 Å². The van der Waals surface area contributed by atoms with Crippen LogP contribution in [0.1, 0.15) is 6.92 Å². The van der Waals surface area contributed by atoms with Gasteiger partial charge in [0.1, 0.15) is 0 Å². The summed E-state index contributed by atoms with van der Waals surface area (Å²) in [6, 6.07) is 1.79. The van der Waals surface area contributed by atoms with Gasteiger partial charge in [0.05, 0.1) is 25.1 Å². The number of nitrogens with zero attached hydrogens (tertiary/aromatic N) is 2. The van der Waals surface area contributed by atoms with E-state index in [-0.39, 0.29) is 19.6 Å². The summed E-state index contributed by atoms with van der Waals surface area (Å²) in [7, 11) is 0. The van der Waals surface area contributed by atoms with Gasteiger partial charge in [0.15, 0.2) is 0 Å². The third-order valence-electron chi connectivity index (χ3n) is 1.61. The molecule has 0 rings (SSSR count). The van der Waals surface area contributed by atoms with Gasteiger partial charge in [-0.3, -0.25) is 14.5 Å². The molecule has 78 valence electrons. The lowest BCUT2D eigenvalue weighted by Gasteiger charge is -2.18. The molecule has 0 aliphatic carbocycles. The zero-order chi connectivity index (χ0) is 11.1. The maximum absolute atomic E-state index is 10.5. The zero-order valence-corrected chi connectivity index (χ0v) is 7.80. The fourth-order valence-corrected chi connectivity index (χ4v) is 0.942. The second kappa shape index (κ2) is 5.94. The summed E-state index contributed by atoms with van der Waals surface area (Å²) in [5.41, 5.74) is 0. The summed E-state index contributed by atoms with van der Waals surface area (Å²) in [6.07, 6.45) is 0. The molecule has 0 fully saturated rings.